The second-order valence-corrected chi connectivity index (χ2v) is 5.95. The van der Waals surface area contributed by atoms with Crippen molar-refractivity contribution >= 4 is 45.8 Å². The Morgan fingerprint density at radius 2 is 1.75 bits per heavy atom. The standard InChI is InChI=1S/C16H11Cl3O/c17-12-6-5-10(7-13(12)18)8-14(19)16-9-11-3-1-2-4-15(11)20-16/h1-7,9,14H,8H2. The summed E-state index contributed by atoms with van der Waals surface area (Å²) in [5, 5.41) is 1.91. The van der Waals surface area contributed by atoms with Gasteiger partial charge in [0, 0.05) is 5.39 Å². The summed E-state index contributed by atoms with van der Waals surface area (Å²) in [6.45, 7) is 0. The Morgan fingerprint density at radius 3 is 2.50 bits per heavy atom. The average Bonchev–Trinajstić information content (AvgIpc) is 2.87. The summed E-state index contributed by atoms with van der Waals surface area (Å²) >= 11 is 18.3. The van der Waals surface area contributed by atoms with Crippen LogP contribution in [0, 0.1) is 0 Å². The molecule has 1 unspecified atom stereocenters. The molecule has 0 spiro atoms. The van der Waals surface area contributed by atoms with Crippen molar-refractivity contribution in [1.82, 2.24) is 0 Å². The Morgan fingerprint density at radius 1 is 0.950 bits per heavy atom. The van der Waals surface area contributed by atoms with Crippen LogP contribution in [-0.2, 0) is 6.42 Å². The van der Waals surface area contributed by atoms with Crippen molar-refractivity contribution < 1.29 is 4.42 Å². The molecular formula is C16H11Cl3O. The first kappa shape index (κ1) is 13.8. The molecule has 0 saturated heterocycles. The Hall–Kier alpha value is -1.15. The summed E-state index contributed by atoms with van der Waals surface area (Å²) in [5.74, 6) is 0.763. The Bertz CT molecular complexity index is 715. The Balaban J connectivity index is 1.84. The minimum atomic E-state index is -0.236. The van der Waals surface area contributed by atoms with E-state index in [1.165, 1.54) is 0 Å². The number of rotatable bonds is 3. The SMILES string of the molecule is Clc1ccc(CC(Cl)c2cc3ccccc3o2)cc1Cl. The molecule has 0 N–H and O–H groups in total. The van der Waals surface area contributed by atoms with E-state index in [0.29, 0.717) is 16.5 Å². The molecule has 0 saturated carbocycles. The van der Waals surface area contributed by atoms with E-state index in [1.807, 2.05) is 42.5 Å². The van der Waals surface area contributed by atoms with Crippen LogP contribution in [0.5, 0.6) is 0 Å². The van der Waals surface area contributed by atoms with Crippen molar-refractivity contribution in [3.05, 3.63) is 69.9 Å². The second kappa shape index (κ2) is 5.69. The highest BCUT2D eigenvalue weighted by Gasteiger charge is 2.14. The fraction of sp³-hybridized carbons (Fsp3) is 0.125. The van der Waals surface area contributed by atoms with Gasteiger partial charge in [-0.05, 0) is 36.2 Å². The quantitative estimate of drug-likeness (QED) is 0.518. The third-order valence-electron chi connectivity index (χ3n) is 3.15. The van der Waals surface area contributed by atoms with Gasteiger partial charge in [0.25, 0.3) is 0 Å². The molecule has 4 heteroatoms. The lowest BCUT2D eigenvalue weighted by atomic mass is 10.1. The molecule has 0 radical (unpaired) electrons. The van der Waals surface area contributed by atoms with Gasteiger partial charge in [-0.3, -0.25) is 0 Å². The fourth-order valence-corrected chi connectivity index (χ4v) is 2.74. The van der Waals surface area contributed by atoms with Crippen molar-refractivity contribution in [3.63, 3.8) is 0 Å². The summed E-state index contributed by atoms with van der Waals surface area (Å²) in [7, 11) is 0. The van der Waals surface area contributed by atoms with Crippen LogP contribution in [0.15, 0.2) is 52.9 Å². The highest BCUT2D eigenvalue weighted by Crippen LogP contribution is 2.32. The van der Waals surface area contributed by atoms with E-state index in [9.17, 15) is 0 Å². The molecule has 1 aromatic heterocycles. The molecule has 0 aliphatic heterocycles. The normalized spacial score (nSPS) is 12.8. The number of fused-ring (bicyclic) bond motifs is 1. The maximum absolute atomic E-state index is 6.43. The predicted octanol–water partition coefficient (Wildman–Crippen LogP) is 6.26. The highest BCUT2D eigenvalue weighted by molar-refractivity contribution is 6.42. The molecular weight excluding hydrogens is 315 g/mol. The van der Waals surface area contributed by atoms with Gasteiger partial charge in [-0.1, -0.05) is 47.5 Å². The monoisotopic (exact) mass is 324 g/mol. The maximum Gasteiger partial charge on any atom is 0.134 e. The first-order chi connectivity index (χ1) is 9.63. The molecule has 1 atom stereocenters. The second-order valence-electron chi connectivity index (χ2n) is 4.61. The van der Waals surface area contributed by atoms with Crippen LogP contribution in [0.3, 0.4) is 0 Å². The molecule has 0 bridgehead atoms. The van der Waals surface area contributed by atoms with Crippen LogP contribution < -0.4 is 0 Å². The van der Waals surface area contributed by atoms with Crippen LogP contribution in [0.1, 0.15) is 16.7 Å². The lowest BCUT2D eigenvalue weighted by Gasteiger charge is -2.07. The first-order valence-electron chi connectivity index (χ1n) is 6.20. The zero-order valence-corrected chi connectivity index (χ0v) is 12.7. The van der Waals surface area contributed by atoms with Gasteiger partial charge in [0.1, 0.15) is 11.3 Å². The van der Waals surface area contributed by atoms with Gasteiger partial charge in [-0.15, -0.1) is 11.6 Å². The number of para-hydroxylation sites is 1. The van der Waals surface area contributed by atoms with Gasteiger partial charge >= 0.3 is 0 Å². The van der Waals surface area contributed by atoms with E-state index in [1.54, 1.807) is 6.07 Å². The van der Waals surface area contributed by atoms with E-state index >= 15 is 0 Å². The third-order valence-corrected chi connectivity index (χ3v) is 4.26. The molecule has 102 valence electrons. The maximum atomic E-state index is 6.43. The van der Waals surface area contributed by atoms with E-state index in [2.05, 4.69) is 0 Å². The molecule has 0 fully saturated rings. The zero-order valence-electron chi connectivity index (χ0n) is 10.4. The number of hydrogen-bond acceptors (Lipinski definition) is 1. The number of hydrogen-bond donors (Lipinski definition) is 0. The third kappa shape index (κ3) is 2.80. The van der Waals surface area contributed by atoms with E-state index < -0.39 is 0 Å². The molecule has 3 rings (SSSR count). The summed E-state index contributed by atoms with van der Waals surface area (Å²) in [6, 6.07) is 15.4. The van der Waals surface area contributed by atoms with Crippen LogP contribution in [0.4, 0.5) is 0 Å². The highest BCUT2D eigenvalue weighted by atomic mass is 35.5. The summed E-state index contributed by atoms with van der Waals surface area (Å²) in [5.41, 5.74) is 1.88. The first-order valence-corrected chi connectivity index (χ1v) is 7.39. The van der Waals surface area contributed by atoms with E-state index in [-0.39, 0.29) is 5.38 Å². The van der Waals surface area contributed by atoms with Crippen LogP contribution in [-0.4, -0.2) is 0 Å². The lowest BCUT2D eigenvalue weighted by Crippen LogP contribution is -1.94. The zero-order chi connectivity index (χ0) is 14.1. The van der Waals surface area contributed by atoms with Crippen LogP contribution >= 0.6 is 34.8 Å². The number of halogens is 3. The topological polar surface area (TPSA) is 13.1 Å². The van der Waals surface area contributed by atoms with Crippen molar-refractivity contribution in [2.45, 2.75) is 11.8 Å². The number of benzene rings is 2. The van der Waals surface area contributed by atoms with Crippen molar-refractivity contribution in [2.75, 3.05) is 0 Å². The molecule has 1 nitrogen and oxygen atoms in total. The van der Waals surface area contributed by atoms with Gasteiger partial charge in [-0.25, -0.2) is 0 Å². The lowest BCUT2D eigenvalue weighted by molar-refractivity contribution is 0.540. The van der Waals surface area contributed by atoms with Gasteiger partial charge in [-0.2, -0.15) is 0 Å². The van der Waals surface area contributed by atoms with Crippen molar-refractivity contribution in [1.29, 1.82) is 0 Å². The number of furan rings is 1. The van der Waals surface area contributed by atoms with Crippen LogP contribution in [0.25, 0.3) is 11.0 Å². The van der Waals surface area contributed by atoms with E-state index in [0.717, 1.165) is 22.3 Å². The molecule has 0 amide bonds. The van der Waals surface area contributed by atoms with Gasteiger partial charge in [0.05, 0.1) is 15.4 Å². The van der Waals surface area contributed by atoms with Crippen molar-refractivity contribution in [2.24, 2.45) is 0 Å². The van der Waals surface area contributed by atoms with Crippen LogP contribution in [0.2, 0.25) is 10.0 Å². The predicted molar refractivity (Wildman–Crippen MR) is 85.0 cm³/mol. The Labute approximate surface area is 132 Å². The molecule has 3 aromatic rings. The number of alkyl halides is 1. The van der Waals surface area contributed by atoms with Gasteiger partial charge < -0.3 is 4.42 Å². The minimum absolute atomic E-state index is 0.236. The molecule has 1 heterocycles. The largest absolute Gasteiger partial charge is 0.459 e. The summed E-state index contributed by atoms with van der Waals surface area (Å²) in [6.07, 6.45) is 0.637. The minimum Gasteiger partial charge on any atom is -0.459 e. The summed E-state index contributed by atoms with van der Waals surface area (Å²) < 4.78 is 5.76. The summed E-state index contributed by atoms with van der Waals surface area (Å²) in [4.78, 5) is 0. The van der Waals surface area contributed by atoms with Gasteiger partial charge in [0.2, 0.25) is 0 Å². The molecule has 0 aliphatic rings. The smallest absolute Gasteiger partial charge is 0.134 e. The molecule has 2 aromatic carbocycles. The molecule has 20 heavy (non-hydrogen) atoms. The average molecular weight is 326 g/mol. The Kier molecular flexibility index (Phi) is 3.93. The fourth-order valence-electron chi connectivity index (χ4n) is 2.13. The van der Waals surface area contributed by atoms with E-state index in [4.69, 9.17) is 39.2 Å². The molecule has 0 aliphatic carbocycles. The van der Waals surface area contributed by atoms with Gasteiger partial charge in [0.15, 0.2) is 0 Å². The van der Waals surface area contributed by atoms with Crippen molar-refractivity contribution in [3.8, 4) is 0 Å².